The van der Waals surface area contributed by atoms with Gasteiger partial charge in [0.25, 0.3) is 0 Å². The smallest absolute Gasteiger partial charge is 0.221 e. The number of aliphatic hydroxyl groups excluding tert-OH is 1. The number of hydrogen-bond acceptors (Lipinski definition) is 9. The Morgan fingerprint density at radius 1 is 1.15 bits per heavy atom. The Labute approximate surface area is 199 Å². The molecule has 1 aromatic heterocycles. The summed E-state index contributed by atoms with van der Waals surface area (Å²) in [4.78, 5) is 8.16. The fourth-order valence-electron chi connectivity index (χ4n) is 4.42. The molecule has 2 heterocycles. The molecule has 3 aromatic rings. The van der Waals surface area contributed by atoms with Crippen LogP contribution < -0.4 is 31.4 Å². The second-order valence-electron chi connectivity index (χ2n) is 8.35. The summed E-state index contributed by atoms with van der Waals surface area (Å²) in [6, 6.07) is 12.6. The lowest BCUT2D eigenvalue weighted by atomic mass is 9.94. The Hall–Kier alpha value is -3.56. The minimum atomic E-state index is 0.122. The van der Waals surface area contributed by atoms with E-state index in [4.69, 9.17) is 20.9 Å². The topological polar surface area (TPSA) is 132 Å². The molecule has 1 aliphatic rings. The summed E-state index contributed by atoms with van der Waals surface area (Å²) in [6.07, 6.45) is 4.78. The molecule has 0 saturated heterocycles. The van der Waals surface area contributed by atoms with E-state index in [0.717, 1.165) is 36.1 Å². The van der Waals surface area contributed by atoms with Crippen LogP contribution in [0.25, 0.3) is 0 Å². The van der Waals surface area contributed by atoms with E-state index in [1.54, 1.807) is 20.4 Å². The maximum Gasteiger partial charge on any atom is 0.221 e. The standard InChI is InChI=1S/C25H32N6O3/c1-33-22-13-16(11-18-14-28-25(27)29-24(18)26)12-21(23(22)34-2)31-15-17-7-3-4-8-19(17)20(30-31)9-5-6-10-32/h3-4,7-8,12-14,20,30,32H,5-6,9-11,15H2,1-2H3,(H4,26,27,28,29)/t20-/m0/s1. The van der Waals surface area contributed by atoms with Gasteiger partial charge in [-0.2, -0.15) is 4.98 Å². The van der Waals surface area contributed by atoms with Crippen LogP contribution in [0.2, 0.25) is 0 Å². The average molecular weight is 465 g/mol. The monoisotopic (exact) mass is 464 g/mol. The lowest BCUT2D eigenvalue weighted by molar-refractivity contribution is 0.278. The van der Waals surface area contributed by atoms with Crippen LogP contribution in [-0.2, 0) is 13.0 Å². The van der Waals surface area contributed by atoms with E-state index in [0.29, 0.717) is 30.3 Å². The number of rotatable bonds is 9. The number of fused-ring (bicyclic) bond motifs is 1. The van der Waals surface area contributed by atoms with Crippen molar-refractivity contribution in [2.75, 3.05) is 37.3 Å². The van der Waals surface area contributed by atoms with Gasteiger partial charge in [-0.25, -0.2) is 10.4 Å². The Morgan fingerprint density at radius 3 is 2.71 bits per heavy atom. The minimum Gasteiger partial charge on any atom is -0.493 e. The molecule has 0 amide bonds. The summed E-state index contributed by atoms with van der Waals surface area (Å²) < 4.78 is 11.5. The number of anilines is 3. The number of nitrogens with one attached hydrogen (secondary N) is 1. The van der Waals surface area contributed by atoms with Gasteiger partial charge in [-0.05, 0) is 48.1 Å². The molecule has 0 bridgehead atoms. The lowest BCUT2D eigenvalue weighted by Crippen LogP contribution is -2.44. The van der Waals surface area contributed by atoms with E-state index in [9.17, 15) is 5.11 Å². The molecule has 1 aliphatic heterocycles. The summed E-state index contributed by atoms with van der Waals surface area (Å²) in [5.74, 6) is 1.78. The number of methoxy groups -OCH3 is 2. The van der Waals surface area contributed by atoms with Crippen LogP contribution in [0.15, 0.2) is 42.6 Å². The second kappa shape index (κ2) is 10.6. The lowest BCUT2D eigenvalue weighted by Gasteiger charge is -2.38. The maximum atomic E-state index is 9.25. The number of benzene rings is 2. The molecule has 0 radical (unpaired) electrons. The Bertz CT molecular complexity index is 1140. The number of ether oxygens (including phenoxy) is 2. The van der Waals surface area contributed by atoms with Crippen molar-refractivity contribution in [2.24, 2.45) is 0 Å². The predicted octanol–water partition coefficient (Wildman–Crippen LogP) is 2.98. The van der Waals surface area contributed by atoms with Crippen LogP contribution >= 0.6 is 0 Å². The highest BCUT2D eigenvalue weighted by molar-refractivity contribution is 5.67. The van der Waals surface area contributed by atoms with Gasteiger partial charge in [-0.15, -0.1) is 0 Å². The van der Waals surface area contributed by atoms with Gasteiger partial charge in [0.2, 0.25) is 5.95 Å². The second-order valence-corrected chi connectivity index (χ2v) is 8.35. The fourth-order valence-corrected chi connectivity index (χ4v) is 4.42. The third-order valence-corrected chi connectivity index (χ3v) is 6.09. The van der Waals surface area contributed by atoms with E-state index in [-0.39, 0.29) is 18.6 Å². The van der Waals surface area contributed by atoms with Gasteiger partial charge in [0.1, 0.15) is 5.82 Å². The molecule has 1 atom stereocenters. The zero-order valence-corrected chi connectivity index (χ0v) is 19.6. The van der Waals surface area contributed by atoms with Crippen LogP contribution in [0.1, 0.15) is 47.6 Å². The van der Waals surface area contributed by atoms with Crippen molar-refractivity contribution in [1.82, 2.24) is 15.4 Å². The third-order valence-electron chi connectivity index (χ3n) is 6.09. The summed E-state index contributed by atoms with van der Waals surface area (Å²) in [5, 5.41) is 11.4. The van der Waals surface area contributed by atoms with Crippen molar-refractivity contribution in [3.8, 4) is 11.5 Å². The molecule has 34 heavy (non-hydrogen) atoms. The largest absolute Gasteiger partial charge is 0.493 e. The number of nitrogens with two attached hydrogens (primary N) is 2. The number of aromatic nitrogens is 2. The molecular weight excluding hydrogens is 432 g/mol. The van der Waals surface area contributed by atoms with E-state index in [1.165, 1.54) is 11.1 Å². The Balaban J connectivity index is 1.71. The number of unbranched alkanes of at least 4 members (excludes halogenated alkanes) is 1. The first-order valence-electron chi connectivity index (χ1n) is 11.4. The molecule has 4 rings (SSSR count). The highest BCUT2D eigenvalue weighted by atomic mass is 16.5. The van der Waals surface area contributed by atoms with Crippen LogP contribution in [-0.4, -0.2) is 35.9 Å². The van der Waals surface area contributed by atoms with Crippen molar-refractivity contribution in [1.29, 1.82) is 0 Å². The van der Waals surface area contributed by atoms with Crippen molar-refractivity contribution >= 4 is 17.5 Å². The van der Waals surface area contributed by atoms with Gasteiger partial charge in [0.15, 0.2) is 11.5 Å². The number of hydrazine groups is 1. The number of nitrogen functional groups attached to an aromatic ring is 2. The molecular formula is C25H32N6O3. The number of nitrogens with zero attached hydrogens (tertiary/aromatic N) is 3. The average Bonchev–Trinajstić information content (AvgIpc) is 2.85. The van der Waals surface area contributed by atoms with Crippen LogP contribution in [0, 0.1) is 0 Å². The summed E-state index contributed by atoms with van der Waals surface area (Å²) in [5.41, 5.74) is 20.6. The number of hydrogen-bond donors (Lipinski definition) is 4. The van der Waals surface area contributed by atoms with Gasteiger partial charge in [0.05, 0.1) is 32.5 Å². The van der Waals surface area contributed by atoms with Crippen LogP contribution in [0.4, 0.5) is 17.5 Å². The third kappa shape index (κ3) is 5.00. The molecule has 9 nitrogen and oxygen atoms in total. The van der Waals surface area contributed by atoms with Gasteiger partial charge in [-0.1, -0.05) is 24.3 Å². The molecule has 180 valence electrons. The SMILES string of the molecule is COc1cc(Cc2cnc(N)nc2N)cc(N2Cc3ccccc3[C@H](CCCCO)N2)c1OC. The molecule has 0 aliphatic carbocycles. The van der Waals surface area contributed by atoms with E-state index in [2.05, 4.69) is 50.7 Å². The Morgan fingerprint density at radius 2 is 1.97 bits per heavy atom. The first-order valence-corrected chi connectivity index (χ1v) is 11.4. The summed E-state index contributed by atoms with van der Waals surface area (Å²) in [6.45, 7) is 0.867. The summed E-state index contributed by atoms with van der Waals surface area (Å²) >= 11 is 0. The molecule has 0 fully saturated rings. The Kier molecular flexibility index (Phi) is 7.34. The van der Waals surface area contributed by atoms with Gasteiger partial charge in [-0.3, -0.25) is 5.01 Å². The van der Waals surface area contributed by atoms with Crippen molar-refractivity contribution in [2.45, 2.75) is 38.3 Å². The highest BCUT2D eigenvalue weighted by Crippen LogP contribution is 2.42. The fraction of sp³-hybridized carbons (Fsp3) is 0.360. The molecule has 0 saturated carbocycles. The van der Waals surface area contributed by atoms with Gasteiger partial charge >= 0.3 is 0 Å². The van der Waals surface area contributed by atoms with Crippen molar-refractivity contribution < 1.29 is 14.6 Å². The van der Waals surface area contributed by atoms with E-state index < -0.39 is 0 Å². The summed E-state index contributed by atoms with van der Waals surface area (Å²) in [7, 11) is 3.27. The van der Waals surface area contributed by atoms with Gasteiger partial charge < -0.3 is 26.0 Å². The highest BCUT2D eigenvalue weighted by Gasteiger charge is 2.27. The quantitative estimate of drug-likeness (QED) is 0.353. The first kappa shape index (κ1) is 23.6. The van der Waals surface area contributed by atoms with Crippen LogP contribution in [0.5, 0.6) is 11.5 Å². The van der Waals surface area contributed by atoms with E-state index >= 15 is 0 Å². The van der Waals surface area contributed by atoms with Crippen molar-refractivity contribution in [3.63, 3.8) is 0 Å². The molecule has 9 heteroatoms. The normalized spacial score (nSPS) is 15.1. The zero-order chi connectivity index (χ0) is 24.1. The predicted molar refractivity (Wildman–Crippen MR) is 133 cm³/mol. The van der Waals surface area contributed by atoms with E-state index in [1.807, 2.05) is 6.07 Å². The molecule has 0 spiro atoms. The van der Waals surface area contributed by atoms with Gasteiger partial charge in [0, 0.05) is 24.8 Å². The van der Waals surface area contributed by atoms with Crippen LogP contribution in [0.3, 0.4) is 0 Å². The van der Waals surface area contributed by atoms with Crippen molar-refractivity contribution in [3.05, 3.63) is 64.8 Å². The minimum absolute atomic E-state index is 0.122. The first-order chi connectivity index (χ1) is 16.5. The molecule has 0 unspecified atom stereocenters. The number of aliphatic hydroxyl groups is 1. The molecule has 6 N–H and O–H groups in total. The maximum absolute atomic E-state index is 9.25. The zero-order valence-electron chi connectivity index (χ0n) is 19.6. The molecule has 2 aromatic carbocycles.